The minimum atomic E-state index is -0.143. The number of carbonyl (C=O) groups is 2. The molecule has 5 nitrogen and oxygen atoms in total. The number of carbonyl (C=O) groups excluding carboxylic acids is 2. The number of imide groups is 1. The van der Waals surface area contributed by atoms with E-state index in [1.165, 1.54) is 54.8 Å². The molecule has 0 radical (unpaired) electrons. The van der Waals surface area contributed by atoms with E-state index in [4.69, 9.17) is 9.47 Å². The average molecular weight is 710 g/mol. The lowest BCUT2D eigenvalue weighted by molar-refractivity contribution is 0.0624. The molecule has 0 saturated carbocycles. The second-order valence-corrected chi connectivity index (χ2v) is 16.5. The van der Waals surface area contributed by atoms with E-state index >= 15 is 0 Å². The SMILES string of the molecule is CCCCC(CC)COc1c2cc(-c3scc4c3C(=O)N(CC(CC)CCCC)C4=O)sc2c(OCC(CC)CCCC)c2ccsc12. The molecule has 1 aliphatic heterocycles. The predicted molar refractivity (Wildman–Crippen MR) is 207 cm³/mol. The number of benzene rings is 1. The third kappa shape index (κ3) is 7.81. The van der Waals surface area contributed by atoms with E-state index in [0.29, 0.717) is 48.6 Å². The van der Waals surface area contributed by atoms with Gasteiger partial charge < -0.3 is 9.47 Å². The maximum absolute atomic E-state index is 13.9. The van der Waals surface area contributed by atoms with E-state index in [1.54, 1.807) is 22.7 Å². The van der Waals surface area contributed by atoms with Crippen molar-refractivity contribution < 1.29 is 19.1 Å². The molecule has 4 heterocycles. The summed E-state index contributed by atoms with van der Waals surface area (Å²) in [6.45, 7) is 15.2. The minimum absolute atomic E-state index is 0.141. The predicted octanol–water partition coefficient (Wildman–Crippen LogP) is 12.8. The van der Waals surface area contributed by atoms with Crippen molar-refractivity contribution in [2.75, 3.05) is 19.8 Å². The summed E-state index contributed by atoms with van der Waals surface area (Å²) in [5.41, 5.74) is 1.13. The first-order valence-corrected chi connectivity index (χ1v) is 21.2. The first-order chi connectivity index (χ1) is 23.4. The third-order valence-electron chi connectivity index (χ3n) is 10.2. The third-order valence-corrected chi connectivity index (χ3v) is 13.5. The molecule has 0 fully saturated rings. The van der Waals surface area contributed by atoms with E-state index in [2.05, 4.69) is 59.1 Å². The van der Waals surface area contributed by atoms with Crippen molar-refractivity contribution in [1.29, 1.82) is 0 Å². The van der Waals surface area contributed by atoms with Crippen molar-refractivity contribution in [3.05, 3.63) is 34.0 Å². The average Bonchev–Trinajstić information content (AvgIpc) is 3.90. The van der Waals surface area contributed by atoms with Crippen LogP contribution in [0.3, 0.4) is 0 Å². The summed E-state index contributed by atoms with van der Waals surface area (Å²) in [4.78, 5) is 30.9. The number of amides is 2. The van der Waals surface area contributed by atoms with Crippen LogP contribution in [0.25, 0.3) is 29.9 Å². The van der Waals surface area contributed by atoms with Gasteiger partial charge in [-0.25, -0.2) is 0 Å². The number of nitrogens with zero attached hydrogens (tertiary/aromatic N) is 1. The monoisotopic (exact) mass is 709 g/mol. The lowest BCUT2D eigenvalue weighted by Gasteiger charge is -2.21. The van der Waals surface area contributed by atoms with E-state index in [-0.39, 0.29) is 11.8 Å². The Morgan fingerprint density at radius 1 is 0.708 bits per heavy atom. The summed E-state index contributed by atoms with van der Waals surface area (Å²) < 4.78 is 15.8. The fourth-order valence-corrected chi connectivity index (χ4v) is 10.1. The van der Waals surface area contributed by atoms with Crippen molar-refractivity contribution in [3.8, 4) is 21.3 Å². The second-order valence-electron chi connectivity index (χ2n) is 13.6. The van der Waals surface area contributed by atoms with Gasteiger partial charge in [0.15, 0.2) is 0 Å². The van der Waals surface area contributed by atoms with Gasteiger partial charge in [-0.2, -0.15) is 0 Å². The van der Waals surface area contributed by atoms with Crippen molar-refractivity contribution in [3.63, 3.8) is 0 Å². The Balaban J connectivity index is 1.56. The van der Waals surface area contributed by atoms with Crippen LogP contribution in [0.15, 0.2) is 22.9 Å². The van der Waals surface area contributed by atoms with Gasteiger partial charge in [-0.3, -0.25) is 14.5 Å². The maximum Gasteiger partial charge on any atom is 0.263 e. The van der Waals surface area contributed by atoms with Crippen LogP contribution < -0.4 is 9.47 Å². The van der Waals surface area contributed by atoms with Gasteiger partial charge in [0.05, 0.1) is 38.6 Å². The van der Waals surface area contributed by atoms with Crippen LogP contribution in [-0.4, -0.2) is 36.5 Å². The second kappa shape index (κ2) is 17.5. The molecular formula is C40H55NO4S3. The molecule has 1 aromatic carbocycles. The van der Waals surface area contributed by atoms with Crippen LogP contribution in [-0.2, 0) is 0 Å². The zero-order valence-corrected chi connectivity index (χ0v) is 32.4. The normalized spacial score (nSPS) is 15.1. The molecular weight excluding hydrogens is 655 g/mol. The molecule has 0 bridgehead atoms. The summed E-state index contributed by atoms with van der Waals surface area (Å²) in [6.07, 6.45) is 13.6. The molecule has 0 saturated heterocycles. The zero-order valence-electron chi connectivity index (χ0n) is 30.0. The molecule has 0 spiro atoms. The number of fused-ring (bicyclic) bond motifs is 3. The van der Waals surface area contributed by atoms with Crippen LogP contribution in [0.5, 0.6) is 11.5 Å². The van der Waals surface area contributed by atoms with Gasteiger partial charge in [-0.05, 0) is 54.5 Å². The summed E-state index contributed by atoms with van der Waals surface area (Å²) in [5, 5.41) is 6.20. The number of hydrogen-bond donors (Lipinski definition) is 0. The molecule has 0 aliphatic carbocycles. The summed E-state index contributed by atoms with van der Waals surface area (Å²) in [7, 11) is 0. The van der Waals surface area contributed by atoms with Gasteiger partial charge >= 0.3 is 0 Å². The van der Waals surface area contributed by atoms with Gasteiger partial charge in [-0.15, -0.1) is 34.0 Å². The molecule has 3 unspecified atom stereocenters. The highest BCUT2D eigenvalue weighted by atomic mass is 32.1. The summed E-state index contributed by atoms with van der Waals surface area (Å²) in [5.74, 6) is 2.92. The minimum Gasteiger partial charge on any atom is -0.491 e. The Bertz CT molecular complexity index is 1590. The fraction of sp³-hybridized carbons (Fsp3) is 0.600. The zero-order chi connectivity index (χ0) is 34.2. The van der Waals surface area contributed by atoms with E-state index in [0.717, 1.165) is 80.0 Å². The number of hydrogen-bond acceptors (Lipinski definition) is 7. The van der Waals surface area contributed by atoms with Crippen LogP contribution in [0.1, 0.15) is 139 Å². The Labute approximate surface area is 300 Å². The van der Waals surface area contributed by atoms with Crippen molar-refractivity contribution in [2.24, 2.45) is 17.8 Å². The van der Waals surface area contributed by atoms with Crippen molar-refractivity contribution in [1.82, 2.24) is 4.90 Å². The van der Waals surface area contributed by atoms with Crippen molar-refractivity contribution >= 4 is 66.0 Å². The molecule has 4 aromatic rings. The van der Waals surface area contributed by atoms with Gasteiger partial charge in [0.25, 0.3) is 11.8 Å². The molecule has 262 valence electrons. The summed E-state index contributed by atoms with van der Waals surface area (Å²) >= 11 is 4.90. The first kappa shape index (κ1) is 36.9. The van der Waals surface area contributed by atoms with Crippen LogP contribution >= 0.6 is 34.0 Å². The van der Waals surface area contributed by atoms with Gasteiger partial charge in [0.2, 0.25) is 0 Å². The first-order valence-electron chi connectivity index (χ1n) is 18.6. The number of rotatable bonds is 21. The van der Waals surface area contributed by atoms with E-state index < -0.39 is 0 Å². The highest BCUT2D eigenvalue weighted by molar-refractivity contribution is 7.26. The Morgan fingerprint density at radius 2 is 1.29 bits per heavy atom. The standard InChI is InChI=1S/C40H55NO4S3/c1-7-13-16-26(10-4)22-41-39(42)31-25-47-38(33(31)40(41)43)32-21-30-35(45-24-28(12-6)18-15-9-3)36-29(19-20-46-36)34(37(30)48-32)44-23-27(11-5)17-14-8-2/h19-21,25-28H,7-18,22-24H2,1-6H3. The molecule has 5 rings (SSSR count). The van der Waals surface area contributed by atoms with Crippen LogP contribution in [0.4, 0.5) is 0 Å². The van der Waals surface area contributed by atoms with E-state index in [1.807, 2.05) is 5.38 Å². The molecule has 0 N–H and O–H groups in total. The number of ether oxygens (including phenoxy) is 2. The Morgan fingerprint density at radius 3 is 1.88 bits per heavy atom. The largest absolute Gasteiger partial charge is 0.491 e. The Kier molecular flexibility index (Phi) is 13.4. The number of unbranched alkanes of at least 4 members (excludes halogenated alkanes) is 3. The fourth-order valence-electron chi connectivity index (χ4n) is 6.86. The molecule has 48 heavy (non-hydrogen) atoms. The lowest BCUT2D eigenvalue weighted by atomic mass is 9.99. The smallest absolute Gasteiger partial charge is 0.263 e. The molecule has 3 atom stereocenters. The highest BCUT2D eigenvalue weighted by Gasteiger charge is 2.40. The maximum atomic E-state index is 13.9. The quantitative estimate of drug-likeness (QED) is 0.0808. The van der Waals surface area contributed by atoms with Crippen LogP contribution in [0, 0.1) is 17.8 Å². The molecule has 3 aromatic heterocycles. The highest BCUT2D eigenvalue weighted by Crippen LogP contribution is 2.52. The number of thiophene rings is 3. The summed E-state index contributed by atoms with van der Waals surface area (Å²) in [6, 6.07) is 4.37. The Hall–Kier alpha value is -2.42. The van der Waals surface area contributed by atoms with Crippen molar-refractivity contribution in [2.45, 2.75) is 119 Å². The van der Waals surface area contributed by atoms with E-state index in [9.17, 15) is 9.59 Å². The lowest BCUT2D eigenvalue weighted by Crippen LogP contribution is -2.34. The van der Waals surface area contributed by atoms with Gasteiger partial charge in [0.1, 0.15) is 11.5 Å². The van der Waals surface area contributed by atoms with Gasteiger partial charge in [-0.1, -0.05) is 99.3 Å². The molecule has 2 amide bonds. The topological polar surface area (TPSA) is 55.8 Å². The molecule has 8 heteroatoms. The van der Waals surface area contributed by atoms with Gasteiger partial charge in [0, 0.05) is 27.6 Å². The molecule has 1 aliphatic rings. The van der Waals surface area contributed by atoms with Crippen LogP contribution in [0.2, 0.25) is 0 Å².